The highest BCUT2D eigenvalue weighted by atomic mass is 16.2. The number of hydrogen-bond acceptors (Lipinski definition) is 2. The third kappa shape index (κ3) is 1.38. The van der Waals surface area contributed by atoms with Crippen LogP contribution in [0.3, 0.4) is 0 Å². The average Bonchev–Trinajstić information content (AvgIpc) is 2.81. The summed E-state index contributed by atoms with van der Waals surface area (Å²) < 4.78 is 0. The minimum absolute atomic E-state index is 0.344. The van der Waals surface area contributed by atoms with E-state index in [2.05, 4.69) is 9.97 Å². The molecule has 4 nitrogen and oxygen atoms in total. The lowest BCUT2D eigenvalue weighted by Gasteiger charge is -2.18. The Balaban J connectivity index is 1.43. The van der Waals surface area contributed by atoms with E-state index in [0.29, 0.717) is 18.4 Å². The van der Waals surface area contributed by atoms with Crippen molar-refractivity contribution in [2.45, 2.75) is 25.8 Å². The van der Waals surface area contributed by atoms with Crippen LogP contribution in [-0.4, -0.2) is 27.8 Å². The van der Waals surface area contributed by atoms with Crippen molar-refractivity contribution in [3.8, 4) is 0 Å². The van der Waals surface area contributed by atoms with Crippen LogP contribution in [0.4, 0.5) is 0 Å². The number of hydrogen-bond donors (Lipinski definition) is 1. The topological polar surface area (TPSA) is 49.0 Å². The minimum Gasteiger partial charge on any atom is -0.347 e. The minimum atomic E-state index is 0.344. The summed E-state index contributed by atoms with van der Waals surface area (Å²) in [6, 6.07) is 0. The van der Waals surface area contributed by atoms with Crippen molar-refractivity contribution in [3.63, 3.8) is 0 Å². The zero-order valence-corrected chi connectivity index (χ0v) is 10.7. The summed E-state index contributed by atoms with van der Waals surface area (Å²) in [7, 11) is 1.90. The van der Waals surface area contributed by atoms with Crippen LogP contribution in [0, 0.1) is 29.6 Å². The van der Waals surface area contributed by atoms with Gasteiger partial charge in [-0.15, -0.1) is 0 Å². The first kappa shape index (κ1) is 10.6. The quantitative estimate of drug-likeness (QED) is 0.880. The summed E-state index contributed by atoms with van der Waals surface area (Å²) in [5.41, 5.74) is 0. The molecule has 0 saturated heterocycles. The van der Waals surface area contributed by atoms with Gasteiger partial charge in [-0.2, -0.15) is 0 Å². The standard InChI is InChI=1S/C14H19N3O/c1-17(7-10-15-4-5-16-10)14(18)13-11-8-2-3-9(6-8)12(11)13/h4-5,8-9,11-13H,2-3,6-7H2,1H3,(H,15,16)/t8-,9+,11+,12-,13?. The molecule has 4 heteroatoms. The molecule has 1 aromatic rings. The maximum atomic E-state index is 12.4. The van der Waals surface area contributed by atoms with E-state index in [1.165, 1.54) is 19.3 Å². The van der Waals surface area contributed by atoms with Crippen molar-refractivity contribution >= 4 is 5.91 Å². The number of carbonyl (C=O) groups is 1. The molecule has 3 fully saturated rings. The van der Waals surface area contributed by atoms with Gasteiger partial charge in [0.1, 0.15) is 5.82 Å². The van der Waals surface area contributed by atoms with Gasteiger partial charge in [-0.3, -0.25) is 4.79 Å². The van der Waals surface area contributed by atoms with Crippen LogP contribution in [0.1, 0.15) is 25.1 Å². The van der Waals surface area contributed by atoms with Gasteiger partial charge in [0, 0.05) is 25.4 Å². The molecule has 3 saturated carbocycles. The molecule has 18 heavy (non-hydrogen) atoms. The van der Waals surface area contributed by atoms with Gasteiger partial charge in [-0.25, -0.2) is 4.98 Å². The smallest absolute Gasteiger partial charge is 0.226 e. The fraction of sp³-hybridized carbons (Fsp3) is 0.714. The highest BCUT2D eigenvalue weighted by molar-refractivity contribution is 5.82. The Morgan fingerprint density at radius 2 is 2.17 bits per heavy atom. The largest absolute Gasteiger partial charge is 0.347 e. The van der Waals surface area contributed by atoms with Crippen LogP contribution in [0.2, 0.25) is 0 Å². The van der Waals surface area contributed by atoms with E-state index in [9.17, 15) is 4.79 Å². The van der Waals surface area contributed by atoms with Gasteiger partial charge in [0.25, 0.3) is 0 Å². The highest BCUT2D eigenvalue weighted by Crippen LogP contribution is 2.69. The fourth-order valence-electron chi connectivity index (χ4n) is 4.60. The van der Waals surface area contributed by atoms with Gasteiger partial charge in [0.05, 0.1) is 6.54 Å². The summed E-state index contributed by atoms with van der Waals surface area (Å²) in [4.78, 5) is 21.5. The molecule has 1 heterocycles. The molecule has 1 N–H and O–H groups in total. The molecule has 4 rings (SSSR count). The van der Waals surface area contributed by atoms with Crippen molar-refractivity contribution in [1.82, 2.24) is 14.9 Å². The molecule has 96 valence electrons. The van der Waals surface area contributed by atoms with E-state index >= 15 is 0 Å². The molecule has 1 unspecified atom stereocenters. The number of nitrogens with one attached hydrogen (secondary N) is 1. The van der Waals surface area contributed by atoms with Crippen LogP contribution in [0.25, 0.3) is 0 Å². The molecule has 3 aliphatic carbocycles. The number of nitrogens with zero attached hydrogens (tertiary/aromatic N) is 2. The molecular formula is C14H19N3O. The van der Waals surface area contributed by atoms with Crippen LogP contribution in [0.5, 0.6) is 0 Å². The molecule has 0 spiro atoms. The summed E-state index contributed by atoms with van der Waals surface area (Å²) >= 11 is 0. The number of imidazole rings is 1. The predicted molar refractivity (Wildman–Crippen MR) is 66.4 cm³/mol. The molecule has 1 amide bonds. The van der Waals surface area contributed by atoms with Gasteiger partial charge in [-0.1, -0.05) is 0 Å². The van der Waals surface area contributed by atoms with Crippen molar-refractivity contribution < 1.29 is 4.79 Å². The summed E-state index contributed by atoms with van der Waals surface area (Å²) in [5, 5.41) is 0. The molecule has 3 aliphatic rings. The first-order valence-electron chi connectivity index (χ1n) is 6.99. The van der Waals surface area contributed by atoms with Crippen LogP contribution in [-0.2, 0) is 11.3 Å². The number of fused-ring (bicyclic) bond motifs is 5. The molecule has 0 aromatic carbocycles. The Hall–Kier alpha value is -1.32. The van der Waals surface area contributed by atoms with Crippen molar-refractivity contribution in [2.75, 3.05) is 7.05 Å². The Morgan fingerprint density at radius 1 is 1.44 bits per heavy atom. The summed E-state index contributed by atoms with van der Waals surface area (Å²) in [5.74, 6) is 4.76. The van der Waals surface area contributed by atoms with Crippen LogP contribution >= 0.6 is 0 Å². The molecular weight excluding hydrogens is 226 g/mol. The SMILES string of the molecule is CN(Cc1ncc[nH]1)C(=O)C1[C@@H]2[C@H]3CC[C@H](C3)[C@H]12. The maximum Gasteiger partial charge on any atom is 0.226 e. The second kappa shape index (κ2) is 3.59. The number of rotatable bonds is 3. The second-order valence-corrected chi connectivity index (χ2v) is 6.24. The fourth-order valence-corrected chi connectivity index (χ4v) is 4.60. The Bertz CT molecular complexity index is 453. The number of H-pyrrole nitrogens is 1. The van der Waals surface area contributed by atoms with E-state index < -0.39 is 0 Å². The van der Waals surface area contributed by atoms with Crippen molar-refractivity contribution in [2.24, 2.45) is 29.6 Å². The monoisotopic (exact) mass is 245 g/mol. The number of aromatic nitrogens is 2. The molecule has 1 aromatic heterocycles. The van der Waals surface area contributed by atoms with E-state index in [1.807, 2.05) is 11.9 Å². The lowest BCUT2D eigenvalue weighted by molar-refractivity contribution is -0.133. The van der Waals surface area contributed by atoms with Gasteiger partial charge in [0.2, 0.25) is 5.91 Å². The Labute approximate surface area is 107 Å². The second-order valence-electron chi connectivity index (χ2n) is 6.24. The Morgan fingerprint density at radius 3 is 2.78 bits per heavy atom. The van der Waals surface area contributed by atoms with Gasteiger partial charge < -0.3 is 9.88 Å². The number of aromatic amines is 1. The summed E-state index contributed by atoms with van der Waals surface area (Å²) in [6.45, 7) is 0.608. The van der Waals surface area contributed by atoms with E-state index in [-0.39, 0.29) is 0 Å². The number of amides is 1. The lowest BCUT2D eigenvalue weighted by Crippen LogP contribution is -2.30. The third-order valence-electron chi connectivity index (χ3n) is 5.34. The Kier molecular flexibility index (Phi) is 2.11. The molecule has 5 atom stereocenters. The van der Waals surface area contributed by atoms with Gasteiger partial charge in [-0.05, 0) is 42.9 Å². The van der Waals surface area contributed by atoms with E-state index in [1.54, 1.807) is 12.4 Å². The van der Waals surface area contributed by atoms with E-state index in [4.69, 9.17) is 0 Å². The summed E-state index contributed by atoms with van der Waals surface area (Å²) in [6.07, 6.45) is 7.69. The van der Waals surface area contributed by atoms with Crippen LogP contribution in [0.15, 0.2) is 12.4 Å². The van der Waals surface area contributed by atoms with Crippen LogP contribution < -0.4 is 0 Å². The number of carbonyl (C=O) groups excluding carboxylic acids is 1. The normalized spacial score (nSPS) is 39.7. The van der Waals surface area contributed by atoms with Crippen molar-refractivity contribution in [1.29, 1.82) is 0 Å². The average molecular weight is 245 g/mol. The first-order chi connectivity index (χ1) is 8.75. The zero-order valence-electron chi connectivity index (χ0n) is 10.7. The molecule has 2 bridgehead atoms. The first-order valence-corrected chi connectivity index (χ1v) is 6.99. The maximum absolute atomic E-state index is 12.4. The van der Waals surface area contributed by atoms with Gasteiger partial charge in [0.15, 0.2) is 0 Å². The van der Waals surface area contributed by atoms with Crippen molar-refractivity contribution in [3.05, 3.63) is 18.2 Å². The highest BCUT2D eigenvalue weighted by Gasteiger charge is 2.67. The van der Waals surface area contributed by atoms with E-state index in [0.717, 1.165) is 29.5 Å². The molecule has 0 radical (unpaired) electrons. The lowest BCUT2D eigenvalue weighted by atomic mass is 10.0. The zero-order chi connectivity index (χ0) is 12.3. The third-order valence-corrected chi connectivity index (χ3v) is 5.34. The molecule has 0 aliphatic heterocycles. The van der Waals surface area contributed by atoms with Gasteiger partial charge >= 0.3 is 0 Å². The predicted octanol–water partition coefficient (Wildman–Crippen LogP) is 1.66.